The Bertz CT molecular complexity index is 491. The summed E-state index contributed by atoms with van der Waals surface area (Å²) in [7, 11) is 0. The summed E-state index contributed by atoms with van der Waals surface area (Å²) in [4.78, 5) is 18.6. The third-order valence-corrected chi connectivity index (χ3v) is 1.92. The Morgan fingerprint density at radius 3 is 2.60 bits per heavy atom. The number of pyridine rings is 1. The van der Waals surface area contributed by atoms with E-state index in [4.69, 9.17) is 9.52 Å². The zero-order valence-corrected chi connectivity index (χ0v) is 7.97. The van der Waals surface area contributed by atoms with Crippen molar-refractivity contribution in [3.05, 3.63) is 36.0 Å². The topological polar surface area (TPSA) is 76.2 Å². The minimum absolute atomic E-state index is 0.123. The largest absolute Gasteiger partial charge is 0.475 e. The van der Waals surface area contributed by atoms with Crippen LogP contribution in [0.4, 0.5) is 0 Å². The van der Waals surface area contributed by atoms with Gasteiger partial charge in [-0.25, -0.2) is 9.78 Å². The minimum Gasteiger partial charge on any atom is -0.475 e. The van der Waals surface area contributed by atoms with Crippen molar-refractivity contribution in [1.82, 2.24) is 9.97 Å². The molecular weight excluding hydrogens is 196 g/mol. The van der Waals surface area contributed by atoms with Crippen LogP contribution in [0.2, 0.25) is 0 Å². The van der Waals surface area contributed by atoms with E-state index in [9.17, 15) is 4.79 Å². The third-order valence-electron chi connectivity index (χ3n) is 1.92. The normalized spacial score (nSPS) is 10.2. The highest BCUT2D eigenvalue weighted by molar-refractivity contribution is 5.86. The Labute approximate surface area is 85.4 Å². The number of aromatic carboxylic acids is 1. The summed E-state index contributed by atoms with van der Waals surface area (Å²) in [6.07, 6.45) is 3.19. The Kier molecular flexibility index (Phi) is 2.21. The molecule has 0 saturated carbocycles. The highest BCUT2D eigenvalue weighted by Gasteiger charge is 2.16. The molecule has 0 bridgehead atoms. The molecule has 2 rings (SSSR count). The number of carboxylic acids is 1. The molecule has 5 nitrogen and oxygen atoms in total. The van der Waals surface area contributed by atoms with Gasteiger partial charge in [0.25, 0.3) is 0 Å². The molecule has 0 aromatic carbocycles. The molecule has 2 heterocycles. The van der Waals surface area contributed by atoms with Crippen LogP contribution in [0.3, 0.4) is 0 Å². The molecule has 0 spiro atoms. The summed E-state index contributed by atoms with van der Waals surface area (Å²) in [6.45, 7) is 1.59. The summed E-state index contributed by atoms with van der Waals surface area (Å²) in [5.74, 6) is -0.936. The van der Waals surface area contributed by atoms with Gasteiger partial charge in [0.05, 0.1) is 5.69 Å². The van der Waals surface area contributed by atoms with Crippen molar-refractivity contribution in [2.24, 2.45) is 0 Å². The molecule has 0 aliphatic heterocycles. The van der Waals surface area contributed by atoms with Crippen LogP contribution in [0.25, 0.3) is 11.5 Å². The standard InChI is InChI=1S/C10H8N2O3/c1-6-8(10(13)14)15-9(12-6)7-2-4-11-5-3-7/h2-5H,1H3,(H,13,14). The maximum absolute atomic E-state index is 10.7. The van der Waals surface area contributed by atoms with E-state index in [1.807, 2.05) is 0 Å². The lowest BCUT2D eigenvalue weighted by molar-refractivity contribution is 0.0662. The van der Waals surface area contributed by atoms with Gasteiger partial charge in [0, 0.05) is 18.0 Å². The Morgan fingerprint density at radius 1 is 1.40 bits per heavy atom. The molecule has 0 saturated heterocycles. The van der Waals surface area contributed by atoms with Crippen molar-refractivity contribution in [3.8, 4) is 11.5 Å². The lowest BCUT2D eigenvalue weighted by Gasteiger charge is -1.91. The van der Waals surface area contributed by atoms with Crippen LogP contribution in [0, 0.1) is 6.92 Å². The molecule has 76 valence electrons. The van der Waals surface area contributed by atoms with Gasteiger partial charge >= 0.3 is 5.97 Å². The fourth-order valence-corrected chi connectivity index (χ4v) is 1.21. The van der Waals surface area contributed by atoms with Crippen LogP contribution in [0.5, 0.6) is 0 Å². The Morgan fingerprint density at radius 2 is 2.07 bits per heavy atom. The molecule has 0 aliphatic rings. The lowest BCUT2D eigenvalue weighted by Crippen LogP contribution is -1.95. The third kappa shape index (κ3) is 1.71. The summed E-state index contributed by atoms with van der Waals surface area (Å²) < 4.78 is 5.12. The average molecular weight is 204 g/mol. The first kappa shape index (κ1) is 9.39. The molecule has 0 radical (unpaired) electrons. The van der Waals surface area contributed by atoms with Gasteiger partial charge in [-0.1, -0.05) is 0 Å². The van der Waals surface area contributed by atoms with Gasteiger partial charge in [0.1, 0.15) is 0 Å². The van der Waals surface area contributed by atoms with Crippen molar-refractivity contribution in [2.45, 2.75) is 6.92 Å². The van der Waals surface area contributed by atoms with Crippen molar-refractivity contribution < 1.29 is 14.3 Å². The van der Waals surface area contributed by atoms with E-state index < -0.39 is 5.97 Å². The van der Waals surface area contributed by atoms with E-state index in [0.717, 1.165) is 0 Å². The van der Waals surface area contributed by atoms with Crippen LogP contribution >= 0.6 is 0 Å². The molecule has 1 N–H and O–H groups in total. The Balaban J connectivity index is 2.48. The molecule has 0 fully saturated rings. The second-order valence-electron chi connectivity index (χ2n) is 2.97. The van der Waals surface area contributed by atoms with Crippen LogP contribution in [0.15, 0.2) is 28.9 Å². The van der Waals surface area contributed by atoms with Crippen LogP contribution in [-0.4, -0.2) is 21.0 Å². The van der Waals surface area contributed by atoms with E-state index in [2.05, 4.69) is 9.97 Å². The SMILES string of the molecule is Cc1nc(-c2ccncc2)oc1C(=O)O. The van der Waals surface area contributed by atoms with Crippen LogP contribution < -0.4 is 0 Å². The predicted molar refractivity (Wildman–Crippen MR) is 51.4 cm³/mol. The monoisotopic (exact) mass is 204 g/mol. The number of rotatable bonds is 2. The van der Waals surface area contributed by atoms with E-state index in [1.165, 1.54) is 0 Å². The van der Waals surface area contributed by atoms with Gasteiger partial charge in [-0.05, 0) is 19.1 Å². The number of carbonyl (C=O) groups is 1. The average Bonchev–Trinajstić information content (AvgIpc) is 2.62. The summed E-state index contributed by atoms with van der Waals surface area (Å²) in [5, 5.41) is 8.78. The quantitative estimate of drug-likeness (QED) is 0.806. The number of hydrogen-bond acceptors (Lipinski definition) is 4. The second kappa shape index (κ2) is 3.53. The number of aryl methyl sites for hydroxylation is 1. The molecule has 2 aromatic heterocycles. The molecule has 0 atom stereocenters. The van der Waals surface area contributed by atoms with Gasteiger partial charge < -0.3 is 9.52 Å². The maximum Gasteiger partial charge on any atom is 0.373 e. The predicted octanol–water partition coefficient (Wildman–Crippen LogP) is 1.74. The molecule has 0 aliphatic carbocycles. The van der Waals surface area contributed by atoms with Crippen molar-refractivity contribution in [1.29, 1.82) is 0 Å². The number of carboxylic acid groups (broad SMARTS) is 1. The number of hydrogen-bond donors (Lipinski definition) is 1. The van der Waals surface area contributed by atoms with E-state index in [0.29, 0.717) is 17.1 Å². The fourth-order valence-electron chi connectivity index (χ4n) is 1.21. The summed E-state index contributed by atoms with van der Waals surface area (Å²) in [5.41, 5.74) is 1.08. The van der Waals surface area contributed by atoms with Gasteiger partial charge in [0.2, 0.25) is 11.7 Å². The second-order valence-corrected chi connectivity index (χ2v) is 2.97. The van der Waals surface area contributed by atoms with Gasteiger partial charge in [0.15, 0.2) is 0 Å². The van der Waals surface area contributed by atoms with E-state index in [1.54, 1.807) is 31.5 Å². The highest BCUT2D eigenvalue weighted by atomic mass is 16.4. The first-order chi connectivity index (χ1) is 7.18. The molecule has 2 aromatic rings. The van der Waals surface area contributed by atoms with Crippen molar-refractivity contribution in [3.63, 3.8) is 0 Å². The minimum atomic E-state index is -1.11. The first-order valence-corrected chi connectivity index (χ1v) is 4.29. The molecule has 0 amide bonds. The molecule has 0 unspecified atom stereocenters. The highest BCUT2D eigenvalue weighted by Crippen LogP contribution is 2.20. The molecule has 15 heavy (non-hydrogen) atoms. The number of oxazole rings is 1. The molecule has 5 heteroatoms. The smallest absolute Gasteiger partial charge is 0.373 e. The Hall–Kier alpha value is -2.17. The van der Waals surface area contributed by atoms with Gasteiger partial charge in [-0.3, -0.25) is 4.98 Å². The zero-order valence-electron chi connectivity index (χ0n) is 7.97. The summed E-state index contributed by atoms with van der Waals surface area (Å²) in [6, 6.07) is 3.41. The number of nitrogens with zero attached hydrogens (tertiary/aromatic N) is 2. The lowest BCUT2D eigenvalue weighted by atomic mass is 10.3. The van der Waals surface area contributed by atoms with Crippen molar-refractivity contribution >= 4 is 5.97 Å². The van der Waals surface area contributed by atoms with E-state index >= 15 is 0 Å². The van der Waals surface area contributed by atoms with Crippen LogP contribution in [0.1, 0.15) is 16.2 Å². The van der Waals surface area contributed by atoms with E-state index in [-0.39, 0.29) is 5.76 Å². The van der Waals surface area contributed by atoms with Gasteiger partial charge in [-0.15, -0.1) is 0 Å². The van der Waals surface area contributed by atoms with Gasteiger partial charge in [-0.2, -0.15) is 0 Å². The zero-order chi connectivity index (χ0) is 10.8. The van der Waals surface area contributed by atoms with Crippen molar-refractivity contribution in [2.75, 3.05) is 0 Å². The summed E-state index contributed by atoms with van der Waals surface area (Å²) >= 11 is 0. The molecular formula is C10H8N2O3. The first-order valence-electron chi connectivity index (χ1n) is 4.29. The fraction of sp³-hybridized carbons (Fsp3) is 0.100. The number of aromatic nitrogens is 2. The maximum atomic E-state index is 10.7. The van der Waals surface area contributed by atoms with Crippen LogP contribution in [-0.2, 0) is 0 Å².